The van der Waals surface area contributed by atoms with Gasteiger partial charge in [0.2, 0.25) is 0 Å². The number of carbonyl (C=O) groups is 2. The van der Waals surface area contributed by atoms with Gasteiger partial charge in [-0.15, -0.1) is 0 Å². The first kappa shape index (κ1) is 20.4. The van der Waals surface area contributed by atoms with Crippen molar-refractivity contribution in [1.82, 2.24) is 9.97 Å². The van der Waals surface area contributed by atoms with Crippen LogP contribution in [0.2, 0.25) is 0 Å². The van der Waals surface area contributed by atoms with Crippen LogP contribution in [0.25, 0.3) is 21.8 Å². The summed E-state index contributed by atoms with van der Waals surface area (Å²) in [7, 11) is 0. The molecule has 2 atom stereocenters. The van der Waals surface area contributed by atoms with E-state index in [1.54, 1.807) is 13.8 Å². The molecule has 2 unspecified atom stereocenters. The van der Waals surface area contributed by atoms with E-state index >= 15 is 0 Å². The molecular weight excluding hydrogens is 404 g/mol. The molecule has 0 bridgehead atoms. The number of ether oxygens (including phenoxy) is 2. The van der Waals surface area contributed by atoms with Crippen molar-refractivity contribution in [3.05, 3.63) is 71.0 Å². The van der Waals surface area contributed by atoms with E-state index in [0.29, 0.717) is 0 Å². The first-order valence-corrected chi connectivity index (χ1v) is 11.2. The fraction of sp³-hybridized carbons (Fsp3) is 0.308. The molecule has 0 fully saturated rings. The van der Waals surface area contributed by atoms with Gasteiger partial charge in [0.25, 0.3) is 0 Å². The Morgan fingerprint density at radius 1 is 0.750 bits per heavy atom. The largest absolute Gasteiger partial charge is 0.465 e. The van der Waals surface area contributed by atoms with Crippen LogP contribution in [0.4, 0.5) is 0 Å². The highest BCUT2D eigenvalue weighted by Crippen LogP contribution is 2.44. The minimum atomic E-state index is -0.830. The number of hydrogen-bond acceptors (Lipinski definition) is 4. The highest BCUT2D eigenvalue weighted by molar-refractivity contribution is 5.96. The van der Waals surface area contributed by atoms with Gasteiger partial charge in [-0.1, -0.05) is 36.4 Å². The number of benzene rings is 2. The molecule has 0 amide bonds. The highest BCUT2D eigenvalue weighted by Gasteiger charge is 2.44. The van der Waals surface area contributed by atoms with Gasteiger partial charge in [0, 0.05) is 33.2 Å². The molecule has 0 saturated heterocycles. The third-order valence-corrected chi connectivity index (χ3v) is 6.35. The van der Waals surface area contributed by atoms with Crippen LogP contribution in [-0.4, -0.2) is 35.1 Å². The topological polar surface area (TPSA) is 84.2 Å². The summed E-state index contributed by atoms with van der Waals surface area (Å²) < 4.78 is 11.0. The molecule has 164 valence electrons. The molecule has 5 rings (SSSR count). The second kappa shape index (κ2) is 8.19. The number of carbonyl (C=O) groups excluding carboxylic acids is 2. The molecule has 6 nitrogen and oxygen atoms in total. The Bertz CT molecular complexity index is 1210. The minimum Gasteiger partial charge on any atom is -0.465 e. The third kappa shape index (κ3) is 3.18. The molecule has 1 aliphatic carbocycles. The number of rotatable bonds is 4. The quantitative estimate of drug-likeness (QED) is 0.458. The summed E-state index contributed by atoms with van der Waals surface area (Å²) in [6.45, 7) is 4.03. The zero-order valence-corrected chi connectivity index (χ0v) is 18.2. The van der Waals surface area contributed by atoms with Crippen LogP contribution >= 0.6 is 0 Å². The summed E-state index contributed by atoms with van der Waals surface area (Å²) >= 11 is 0. The van der Waals surface area contributed by atoms with E-state index in [0.717, 1.165) is 57.2 Å². The number of nitrogens with one attached hydrogen (secondary N) is 2. The van der Waals surface area contributed by atoms with Crippen molar-refractivity contribution in [3.8, 4) is 0 Å². The first-order valence-electron chi connectivity index (χ1n) is 11.2. The molecule has 2 N–H and O–H groups in total. The van der Waals surface area contributed by atoms with E-state index < -0.39 is 23.8 Å². The van der Waals surface area contributed by atoms with Crippen LogP contribution in [0, 0.1) is 0 Å². The first-order chi connectivity index (χ1) is 15.6. The monoisotopic (exact) mass is 430 g/mol. The smallest absolute Gasteiger partial charge is 0.316 e. The standard InChI is InChI=1S/C26H26N2O4/c1-3-31-25(29)21-22(26(30)32-4-2)24-18(16-10-6-8-12-20(16)28-24)14-13-17-15-9-5-7-11-19(15)27-23(17)21/h5-12,21-22,27-28H,3-4,13-14H2,1-2H3. The lowest BCUT2D eigenvalue weighted by Gasteiger charge is -2.27. The lowest BCUT2D eigenvalue weighted by Crippen LogP contribution is -2.32. The average molecular weight is 431 g/mol. The molecule has 2 aromatic carbocycles. The van der Waals surface area contributed by atoms with Gasteiger partial charge < -0.3 is 19.4 Å². The van der Waals surface area contributed by atoms with E-state index in [1.165, 1.54) is 0 Å². The van der Waals surface area contributed by atoms with Gasteiger partial charge in [-0.25, -0.2) is 0 Å². The third-order valence-electron chi connectivity index (χ3n) is 6.35. The molecule has 0 saturated carbocycles. The normalized spacial score (nSPS) is 17.9. The molecule has 6 heteroatoms. The van der Waals surface area contributed by atoms with Crippen molar-refractivity contribution in [2.24, 2.45) is 0 Å². The van der Waals surface area contributed by atoms with Crippen molar-refractivity contribution < 1.29 is 19.1 Å². The molecule has 4 aromatic rings. The fourth-order valence-corrected chi connectivity index (χ4v) is 5.07. The van der Waals surface area contributed by atoms with Crippen molar-refractivity contribution in [2.75, 3.05) is 13.2 Å². The SMILES string of the molecule is CCOC(=O)C1c2[nH]c3ccccc3c2CCc2c([nH]c3ccccc23)C1C(=O)OCC. The molecule has 2 heterocycles. The molecule has 1 aliphatic rings. The van der Waals surface area contributed by atoms with Gasteiger partial charge in [0.05, 0.1) is 13.2 Å². The van der Waals surface area contributed by atoms with Crippen LogP contribution < -0.4 is 0 Å². The molecule has 32 heavy (non-hydrogen) atoms. The number of aromatic nitrogens is 2. The number of aromatic amines is 2. The van der Waals surface area contributed by atoms with Crippen LogP contribution in [-0.2, 0) is 31.9 Å². The molecular formula is C26H26N2O4. The summed E-state index contributed by atoms with van der Waals surface area (Å²) in [5, 5.41) is 2.14. The van der Waals surface area contributed by atoms with Gasteiger partial charge in [0.15, 0.2) is 0 Å². The fourth-order valence-electron chi connectivity index (χ4n) is 5.07. The molecule has 0 radical (unpaired) electrons. The lowest BCUT2D eigenvalue weighted by molar-refractivity contribution is -0.153. The zero-order valence-electron chi connectivity index (χ0n) is 18.2. The second-order valence-electron chi connectivity index (χ2n) is 8.09. The Labute approximate surface area is 185 Å². The molecule has 0 spiro atoms. The van der Waals surface area contributed by atoms with Crippen LogP contribution in [0.15, 0.2) is 48.5 Å². The Morgan fingerprint density at radius 2 is 1.16 bits per heavy atom. The van der Waals surface area contributed by atoms with E-state index in [2.05, 4.69) is 22.1 Å². The number of para-hydroxylation sites is 2. The van der Waals surface area contributed by atoms with E-state index in [-0.39, 0.29) is 13.2 Å². The summed E-state index contributed by atoms with van der Waals surface area (Å²) in [6.07, 6.45) is 1.50. The van der Waals surface area contributed by atoms with E-state index in [1.807, 2.05) is 36.4 Å². The number of fused-ring (bicyclic) bond motifs is 6. The van der Waals surface area contributed by atoms with Crippen molar-refractivity contribution in [2.45, 2.75) is 38.5 Å². The Balaban J connectivity index is 1.81. The lowest BCUT2D eigenvalue weighted by atomic mass is 9.79. The van der Waals surface area contributed by atoms with Gasteiger partial charge in [0.1, 0.15) is 11.8 Å². The molecule has 2 aromatic heterocycles. The number of hydrogen-bond donors (Lipinski definition) is 2. The van der Waals surface area contributed by atoms with Gasteiger partial charge in [-0.2, -0.15) is 0 Å². The van der Waals surface area contributed by atoms with Crippen LogP contribution in [0.5, 0.6) is 0 Å². The maximum atomic E-state index is 13.4. The number of aryl methyl sites for hydroxylation is 2. The van der Waals surface area contributed by atoms with Gasteiger partial charge >= 0.3 is 11.9 Å². The van der Waals surface area contributed by atoms with Crippen molar-refractivity contribution in [3.63, 3.8) is 0 Å². The predicted molar refractivity (Wildman–Crippen MR) is 123 cm³/mol. The van der Waals surface area contributed by atoms with Gasteiger partial charge in [-0.05, 0) is 49.9 Å². The van der Waals surface area contributed by atoms with Crippen LogP contribution in [0.1, 0.15) is 48.2 Å². The average Bonchev–Trinajstić information content (AvgIpc) is 3.32. The Kier molecular flexibility index (Phi) is 5.21. The summed E-state index contributed by atoms with van der Waals surface area (Å²) in [4.78, 5) is 33.7. The minimum absolute atomic E-state index is 0.236. The molecule has 0 aliphatic heterocycles. The van der Waals surface area contributed by atoms with Crippen LogP contribution in [0.3, 0.4) is 0 Å². The second-order valence-corrected chi connectivity index (χ2v) is 8.09. The Morgan fingerprint density at radius 3 is 1.56 bits per heavy atom. The highest BCUT2D eigenvalue weighted by atomic mass is 16.5. The summed E-state index contributed by atoms with van der Waals surface area (Å²) in [5.41, 5.74) is 5.50. The number of esters is 2. The Hall–Kier alpha value is -3.54. The summed E-state index contributed by atoms with van der Waals surface area (Å²) in [6, 6.07) is 16.0. The van der Waals surface area contributed by atoms with E-state index in [4.69, 9.17) is 9.47 Å². The van der Waals surface area contributed by atoms with Gasteiger partial charge in [-0.3, -0.25) is 9.59 Å². The van der Waals surface area contributed by atoms with Crippen molar-refractivity contribution in [1.29, 1.82) is 0 Å². The number of H-pyrrole nitrogens is 2. The predicted octanol–water partition coefficient (Wildman–Crippen LogP) is 4.74. The van der Waals surface area contributed by atoms with Crippen molar-refractivity contribution >= 4 is 33.7 Å². The zero-order chi connectivity index (χ0) is 22.2. The maximum Gasteiger partial charge on any atom is 0.316 e. The van der Waals surface area contributed by atoms with E-state index in [9.17, 15) is 9.59 Å². The summed E-state index contributed by atoms with van der Waals surface area (Å²) in [5.74, 6) is -2.51. The maximum absolute atomic E-state index is 13.4.